The average molecular weight is 381 g/mol. The lowest BCUT2D eigenvalue weighted by Crippen LogP contribution is -2.39. The van der Waals surface area contributed by atoms with Gasteiger partial charge in [0.15, 0.2) is 0 Å². The molecule has 0 saturated carbocycles. The van der Waals surface area contributed by atoms with Crippen LogP contribution in [0.25, 0.3) is 6.08 Å². The number of ether oxygens (including phenoxy) is 2. The van der Waals surface area contributed by atoms with E-state index in [1.165, 1.54) is 5.57 Å². The van der Waals surface area contributed by atoms with Gasteiger partial charge in [0.05, 0.1) is 5.60 Å². The van der Waals surface area contributed by atoms with Gasteiger partial charge in [-0.1, -0.05) is 38.2 Å². The standard InChI is InChI=1S/C25H32O3/c1-9-24(5,6)20-13-17-12-18-14-21(25(7,8)26)28-23(18)19(11-10-15(2)3)22(17)27-16(20)4/h9-10,12-13,21,26H,1,4,11,14H2,2-3,5-8H3/t21-/m0/s1. The van der Waals surface area contributed by atoms with E-state index in [4.69, 9.17) is 9.47 Å². The van der Waals surface area contributed by atoms with Crippen molar-refractivity contribution in [2.45, 2.75) is 66.1 Å². The molecule has 2 aliphatic rings. The molecular weight excluding hydrogens is 348 g/mol. The highest BCUT2D eigenvalue weighted by Gasteiger charge is 2.38. The molecule has 0 aromatic heterocycles. The molecule has 0 fully saturated rings. The third kappa shape index (κ3) is 3.68. The van der Waals surface area contributed by atoms with Crippen molar-refractivity contribution in [3.63, 3.8) is 0 Å². The van der Waals surface area contributed by atoms with Crippen molar-refractivity contribution in [1.29, 1.82) is 0 Å². The van der Waals surface area contributed by atoms with Gasteiger partial charge in [0.2, 0.25) is 0 Å². The highest BCUT2D eigenvalue weighted by Crippen LogP contribution is 2.48. The fraction of sp³-hybridized carbons (Fsp3) is 0.440. The monoisotopic (exact) mass is 380 g/mol. The van der Waals surface area contributed by atoms with Crippen molar-refractivity contribution >= 4 is 6.08 Å². The van der Waals surface area contributed by atoms with Crippen LogP contribution in [0.15, 0.2) is 48.3 Å². The molecule has 0 radical (unpaired) electrons. The van der Waals surface area contributed by atoms with Crippen LogP contribution in [0, 0.1) is 5.41 Å². The zero-order valence-electron chi connectivity index (χ0n) is 18.0. The smallest absolute Gasteiger partial charge is 0.141 e. The Morgan fingerprint density at radius 1 is 1.25 bits per heavy atom. The molecule has 150 valence electrons. The number of fused-ring (bicyclic) bond motifs is 2. The third-order valence-electron chi connectivity index (χ3n) is 5.63. The molecule has 0 bridgehead atoms. The van der Waals surface area contributed by atoms with E-state index in [2.05, 4.69) is 59.1 Å². The maximum absolute atomic E-state index is 10.5. The van der Waals surface area contributed by atoms with E-state index < -0.39 is 5.60 Å². The lowest BCUT2D eigenvalue weighted by molar-refractivity contribution is -0.0232. The first-order chi connectivity index (χ1) is 12.9. The normalized spacial score (nSPS) is 18.5. The van der Waals surface area contributed by atoms with E-state index in [1.54, 1.807) is 13.8 Å². The van der Waals surface area contributed by atoms with Gasteiger partial charge in [-0.05, 0) is 51.8 Å². The Morgan fingerprint density at radius 3 is 2.50 bits per heavy atom. The SMILES string of the molecule is C=CC(C)(C)C1=Cc2cc3c(c(CC=C(C)C)c2OC1=C)O[C@H](C(C)(C)O)C3. The maximum Gasteiger partial charge on any atom is 0.141 e. The predicted octanol–water partition coefficient (Wildman–Crippen LogP) is 5.77. The van der Waals surface area contributed by atoms with Gasteiger partial charge < -0.3 is 14.6 Å². The Kier molecular flexibility index (Phi) is 5.09. The first kappa shape index (κ1) is 20.5. The van der Waals surface area contributed by atoms with Gasteiger partial charge in [-0.2, -0.15) is 0 Å². The number of aliphatic hydroxyl groups is 1. The fourth-order valence-electron chi connectivity index (χ4n) is 3.65. The second kappa shape index (κ2) is 6.97. The first-order valence-electron chi connectivity index (χ1n) is 9.88. The van der Waals surface area contributed by atoms with Gasteiger partial charge in [0.25, 0.3) is 0 Å². The lowest BCUT2D eigenvalue weighted by Gasteiger charge is -2.31. The zero-order chi connectivity index (χ0) is 20.9. The molecule has 0 aliphatic carbocycles. The molecule has 3 rings (SSSR count). The fourth-order valence-corrected chi connectivity index (χ4v) is 3.65. The summed E-state index contributed by atoms with van der Waals surface area (Å²) in [4.78, 5) is 0. The van der Waals surface area contributed by atoms with E-state index in [1.807, 2.05) is 6.08 Å². The molecule has 2 heterocycles. The van der Waals surface area contributed by atoms with Gasteiger partial charge in [-0.3, -0.25) is 0 Å². The van der Waals surface area contributed by atoms with Crippen molar-refractivity contribution in [2.24, 2.45) is 5.41 Å². The van der Waals surface area contributed by atoms with E-state index in [9.17, 15) is 5.11 Å². The molecule has 2 aliphatic heterocycles. The zero-order valence-corrected chi connectivity index (χ0v) is 18.0. The minimum absolute atomic E-state index is 0.236. The van der Waals surface area contributed by atoms with Crippen LogP contribution in [-0.2, 0) is 12.8 Å². The Morgan fingerprint density at radius 2 is 1.93 bits per heavy atom. The molecule has 1 atom stereocenters. The van der Waals surface area contributed by atoms with E-state index in [0.717, 1.165) is 33.8 Å². The van der Waals surface area contributed by atoms with Crippen LogP contribution in [0.5, 0.6) is 11.5 Å². The number of allylic oxidation sites excluding steroid dienone is 4. The van der Waals surface area contributed by atoms with Gasteiger partial charge in [0, 0.05) is 28.5 Å². The van der Waals surface area contributed by atoms with Crippen LogP contribution in [0.3, 0.4) is 0 Å². The Hall–Kier alpha value is -2.26. The molecule has 3 nitrogen and oxygen atoms in total. The second-order valence-electron chi connectivity index (χ2n) is 9.22. The molecule has 28 heavy (non-hydrogen) atoms. The largest absolute Gasteiger partial charge is 0.486 e. The molecule has 0 unspecified atom stereocenters. The van der Waals surface area contributed by atoms with E-state index in [-0.39, 0.29) is 11.5 Å². The Balaban J connectivity index is 2.17. The van der Waals surface area contributed by atoms with Crippen molar-refractivity contribution in [3.05, 3.63) is 65.0 Å². The molecule has 1 N–H and O–H groups in total. The third-order valence-corrected chi connectivity index (χ3v) is 5.63. The molecular formula is C25H32O3. The average Bonchev–Trinajstić information content (AvgIpc) is 3.02. The molecule has 0 saturated heterocycles. The number of hydrogen-bond acceptors (Lipinski definition) is 3. The summed E-state index contributed by atoms with van der Waals surface area (Å²) in [6.07, 6.45) is 7.38. The first-order valence-corrected chi connectivity index (χ1v) is 9.88. The van der Waals surface area contributed by atoms with Gasteiger partial charge in [0.1, 0.15) is 23.4 Å². The highest BCUT2D eigenvalue weighted by atomic mass is 16.5. The highest BCUT2D eigenvalue weighted by molar-refractivity contribution is 5.73. The maximum atomic E-state index is 10.5. The van der Waals surface area contributed by atoms with Gasteiger partial charge >= 0.3 is 0 Å². The van der Waals surface area contributed by atoms with Crippen LogP contribution in [-0.4, -0.2) is 16.8 Å². The van der Waals surface area contributed by atoms with Crippen LogP contribution in [0.1, 0.15) is 58.2 Å². The molecule has 3 heteroatoms. The molecule has 0 amide bonds. The Bertz CT molecular complexity index is 887. The minimum atomic E-state index is -0.913. The van der Waals surface area contributed by atoms with Crippen molar-refractivity contribution in [1.82, 2.24) is 0 Å². The second-order valence-corrected chi connectivity index (χ2v) is 9.22. The molecule has 1 aromatic carbocycles. The van der Waals surface area contributed by atoms with Gasteiger partial charge in [-0.25, -0.2) is 0 Å². The number of benzene rings is 1. The van der Waals surface area contributed by atoms with Crippen LogP contribution in [0.2, 0.25) is 0 Å². The topological polar surface area (TPSA) is 38.7 Å². The summed E-state index contributed by atoms with van der Waals surface area (Å²) >= 11 is 0. The summed E-state index contributed by atoms with van der Waals surface area (Å²) in [7, 11) is 0. The van der Waals surface area contributed by atoms with Crippen molar-refractivity contribution < 1.29 is 14.6 Å². The minimum Gasteiger partial charge on any atom is -0.486 e. The Labute approximate surface area is 169 Å². The quantitative estimate of drug-likeness (QED) is 0.659. The lowest BCUT2D eigenvalue weighted by atomic mass is 9.80. The van der Waals surface area contributed by atoms with E-state index in [0.29, 0.717) is 18.6 Å². The summed E-state index contributed by atoms with van der Waals surface area (Å²) in [6.45, 7) is 20.1. The summed E-state index contributed by atoms with van der Waals surface area (Å²) in [5.41, 5.74) is 4.29. The van der Waals surface area contributed by atoms with E-state index >= 15 is 0 Å². The van der Waals surface area contributed by atoms with Crippen LogP contribution < -0.4 is 9.47 Å². The summed E-state index contributed by atoms with van der Waals surface area (Å²) in [5.74, 6) is 2.30. The summed E-state index contributed by atoms with van der Waals surface area (Å²) < 4.78 is 12.5. The van der Waals surface area contributed by atoms with Crippen LogP contribution >= 0.6 is 0 Å². The number of rotatable bonds is 5. The van der Waals surface area contributed by atoms with Crippen LogP contribution in [0.4, 0.5) is 0 Å². The van der Waals surface area contributed by atoms with Crippen molar-refractivity contribution in [2.75, 3.05) is 0 Å². The predicted molar refractivity (Wildman–Crippen MR) is 116 cm³/mol. The number of hydrogen-bond donors (Lipinski definition) is 1. The summed E-state index contributed by atoms with van der Waals surface area (Å²) in [6, 6.07) is 2.13. The molecule has 1 aromatic rings. The summed E-state index contributed by atoms with van der Waals surface area (Å²) in [5, 5.41) is 10.5. The molecule has 0 spiro atoms. The van der Waals surface area contributed by atoms with Crippen molar-refractivity contribution in [3.8, 4) is 11.5 Å². The van der Waals surface area contributed by atoms with Gasteiger partial charge in [-0.15, -0.1) is 6.58 Å².